The van der Waals surface area contributed by atoms with Gasteiger partial charge in [-0.15, -0.1) is 0 Å². The molecule has 2 nitrogen and oxygen atoms in total. The smallest absolute Gasteiger partial charge is 0.303 e. The second kappa shape index (κ2) is 3.80. The molecule has 3 fully saturated rings. The molecule has 86 valence electrons. The molecule has 0 aromatic heterocycles. The number of carboxylic acids is 1. The van der Waals surface area contributed by atoms with Crippen molar-refractivity contribution in [3.8, 4) is 0 Å². The van der Waals surface area contributed by atoms with Crippen LogP contribution in [0.25, 0.3) is 0 Å². The standard InChI is InChI=1S/C13H22O2/c1-13(2)10-7-6-9(11(13)8-10)4-3-5-12(14)15/h9-11H,3-8H2,1-2H3,(H,14,15)/t9-,10?,11?/m0/s1. The molecule has 0 heterocycles. The zero-order chi connectivity index (χ0) is 11.1. The molecule has 0 aliphatic heterocycles. The Morgan fingerprint density at radius 1 is 1.40 bits per heavy atom. The van der Waals surface area contributed by atoms with Gasteiger partial charge in [-0.05, 0) is 55.3 Å². The Hall–Kier alpha value is -0.530. The Bertz CT molecular complexity index is 255. The molecule has 2 bridgehead atoms. The van der Waals surface area contributed by atoms with Crippen LogP contribution in [0.15, 0.2) is 0 Å². The molecular formula is C13H22O2. The van der Waals surface area contributed by atoms with Gasteiger partial charge in [0.25, 0.3) is 0 Å². The van der Waals surface area contributed by atoms with Crippen molar-refractivity contribution >= 4 is 5.97 Å². The van der Waals surface area contributed by atoms with Crippen LogP contribution in [0.4, 0.5) is 0 Å². The van der Waals surface area contributed by atoms with Crippen molar-refractivity contribution in [2.45, 2.75) is 52.4 Å². The fraction of sp³-hybridized carbons (Fsp3) is 0.923. The molecule has 0 saturated heterocycles. The summed E-state index contributed by atoms with van der Waals surface area (Å²) in [6, 6.07) is 0. The third-order valence-electron chi connectivity index (χ3n) is 4.97. The van der Waals surface area contributed by atoms with Gasteiger partial charge in [0, 0.05) is 6.42 Å². The van der Waals surface area contributed by atoms with Crippen molar-refractivity contribution in [3.63, 3.8) is 0 Å². The minimum atomic E-state index is -0.642. The van der Waals surface area contributed by atoms with Crippen LogP contribution >= 0.6 is 0 Å². The zero-order valence-corrected chi connectivity index (χ0v) is 9.83. The fourth-order valence-corrected chi connectivity index (χ4v) is 3.82. The maximum atomic E-state index is 10.5. The summed E-state index contributed by atoms with van der Waals surface area (Å²) in [6.45, 7) is 4.80. The molecule has 0 aromatic rings. The van der Waals surface area contributed by atoms with Gasteiger partial charge in [-0.1, -0.05) is 13.8 Å². The number of hydrogen-bond acceptors (Lipinski definition) is 1. The van der Waals surface area contributed by atoms with Crippen molar-refractivity contribution in [2.75, 3.05) is 0 Å². The summed E-state index contributed by atoms with van der Waals surface area (Å²) in [7, 11) is 0. The lowest BCUT2D eigenvalue weighted by Gasteiger charge is -2.60. The molecule has 2 unspecified atom stereocenters. The maximum absolute atomic E-state index is 10.5. The van der Waals surface area contributed by atoms with Crippen LogP contribution < -0.4 is 0 Å². The summed E-state index contributed by atoms with van der Waals surface area (Å²) in [5, 5.41) is 8.62. The number of aliphatic carboxylic acids is 1. The van der Waals surface area contributed by atoms with Gasteiger partial charge in [-0.3, -0.25) is 4.79 Å². The van der Waals surface area contributed by atoms with E-state index in [-0.39, 0.29) is 0 Å². The van der Waals surface area contributed by atoms with Gasteiger partial charge in [0.2, 0.25) is 0 Å². The summed E-state index contributed by atoms with van der Waals surface area (Å²) < 4.78 is 0. The van der Waals surface area contributed by atoms with Gasteiger partial charge >= 0.3 is 5.97 Å². The molecule has 3 aliphatic carbocycles. The Kier molecular flexibility index (Phi) is 2.78. The van der Waals surface area contributed by atoms with Gasteiger partial charge < -0.3 is 5.11 Å². The van der Waals surface area contributed by atoms with E-state index in [1.165, 1.54) is 19.3 Å². The molecule has 0 radical (unpaired) electrons. The highest BCUT2D eigenvalue weighted by Gasteiger charge is 2.53. The molecule has 2 heteroatoms. The van der Waals surface area contributed by atoms with Gasteiger partial charge in [0.1, 0.15) is 0 Å². The first-order chi connectivity index (χ1) is 7.01. The average Bonchev–Trinajstić information content (AvgIpc) is 2.17. The summed E-state index contributed by atoms with van der Waals surface area (Å²) in [5.41, 5.74) is 0.548. The highest BCUT2D eigenvalue weighted by Crippen LogP contribution is 2.62. The van der Waals surface area contributed by atoms with Gasteiger partial charge in [-0.2, -0.15) is 0 Å². The van der Waals surface area contributed by atoms with Crippen LogP contribution in [0.5, 0.6) is 0 Å². The van der Waals surface area contributed by atoms with Gasteiger partial charge in [0.15, 0.2) is 0 Å². The van der Waals surface area contributed by atoms with Crippen LogP contribution in [0, 0.1) is 23.2 Å². The summed E-state index contributed by atoms with van der Waals surface area (Å²) in [5.74, 6) is 2.00. The lowest BCUT2D eigenvalue weighted by molar-refractivity contribution is -0.137. The van der Waals surface area contributed by atoms with E-state index in [0.717, 1.165) is 30.6 Å². The Morgan fingerprint density at radius 3 is 2.67 bits per heavy atom. The zero-order valence-electron chi connectivity index (χ0n) is 9.83. The predicted molar refractivity (Wildman–Crippen MR) is 59.6 cm³/mol. The van der Waals surface area contributed by atoms with E-state index in [4.69, 9.17) is 5.11 Å². The van der Waals surface area contributed by atoms with E-state index in [1.807, 2.05) is 0 Å². The van der Waals surface area contributed by atoms with Crippen LogP contribution in [0.2, 0.25) is 0 Å². The van der Waals surface area contributed by atoms with Crippen molar-refractivity contribution < 1.29 is 9.90 Å². The molecule has 15 heavy (non-hydrogen) atoms. The number of carbonyl (C=O) groups is 1. The second-order valence-electron chi connectivity index (χ2n) is 5.98. The molecular weight excluding hydrogens is 188 g/mol. The molecule has 0 amide bonds. The first kappa shape index (κ1) is 11.0. The molecule has 3 aliphatic rings. The van der Waals surface area contributed by atoms with Crippen molar-refractivity contribution in [1.29, 1.82) is 0 Å². The van der Waals surface area contributed by atoms with Gasteiger partial charge in [0.05, 0.1) is 0 Å². The summed E-state index contributed by atoms with van der Waals surface area (Å²) >= 11 is 0. The second-order valence-corrected chi connectivity index (χ2v) is 5.98. The molecule has 3 saturated carbocycles. The maximum Gasteiger partial charge on any atom is 0.303 e. The largest absolute Gasteiger partial charge is 0.481 e. The Balaban J connectivity index is 1.81. The predicted octanol–water partition coefficient (Wildman–Crippen LogP) is 3.31. The highest BCUT2D eigenvalue weighted by atomic mass is 16.4. The van der Waals surface area contributed by atoms with E-state index in [2.05, 4.69) is 13.8 Å². The lowest BCUT2D eigenvalue weighted by Crippen LogP contribution is -2.52. The van der Waals surface area contributed by atoms with E-state index >= 15 is 0 Å². The van der Waals surface area contributed by atoms with Crippen LogP contribution in [-0.4, -0.2) is 11.1 Å². The van der Waals surface area contributed by atoms with Crippen LogP contribution in [-0.2, 0) is 4.79 Å². The third kappa shape index (κ3) is 1.91. The van der Waals surface area contributed by atoms with Crippen LogP contribution in [0.1, 0.15) is 52.4 Å². The number of carboxylic acid groups (broad SMARTS) is 1. The highest BCUT2D eigenvalue weighted by molar-refractivity contribution is 5.66. The first-order valence-electron chi connectivity index (χ1n) is 6.23. The minimum absolute atomic E-state index is 0.354. The van der Waals surface area contributed by atoms with Gasteiger partial charge in [-0.25, -0.2) is 0 Å². The molecule has 3 atom stereocenters. The van der Waals surface area contributed by atoms with Crippen LogP contribution in [0.3, 0.4) is 0 Å². The minimum Gasteiger partial charge on any atom is -0.481 e. The summed E-state index contributed by atoms with van der Waals surface area (Å²) in [4.78, 5) is 10.5. The van der Waals surface area contributed by atoms with Crippen molar-refractivity contribution in [2.24, 2.45) is 23.2 Å². The number of rotatable bonds is 4. The Labute approximate surface area is 92.1 Å². The average molecular weight is 210 g/mol. The molecule has 1 N–H and O–H groups in total. The Morgan fingerprint density at radius 2 is 2.13 bits per heavy atom. The van der Waals surface area contributed by atoms with E-state index in [1.54, 1.807) is 0 Å². The number of hydrogen-bond donors (Lipinski definition) is 1. The lowest BCUT2D eigenvalue weighted by atomic mass is 9.45. The van der Waals surface area contributed by atoms with Crippen molar-refractivity contribution in [1.82, 2.24) is 0 Å². The fourth-order valence-electron chi connectivity index (χ4n) is 3.82. The topological polar surface area (TPSA) is 37.3 Å². The van der Waals surface area contributed by atoms with Crippen molar-refractivity contribution in [3.05, 3.63) is 0 Å². The SMILES string of the molecule is CC1(C)C2CC[C@H](CCCC(=O)O)C1C2. The van der Waals surface area contributed by atoms with E-state index in [9.17, 15) is 4.79 Å². The molecule has 0 aromatic carbocycles. The first-order valence-corrected chi connectivity index (χ1v) is 6.23. The summed E-state index contributed by atoms with van der Waals surface area (Å²) in [6.07, 6.45) is 6.49. The quantitative estimate of drug-likeness (QED) is 0.773. The normalized spacial score (nSPS) is 37.1. The number of fused-ring (bicyclic) bond motifs is 2. The van der Waals surface area contributed by atoms with E-state index in [0.29, 0.717) is 11.8 Å². The molecule has 3 rings (SSSR count). The van der Waals surface area contributed by atoms with E-state index < -0.39 is 5.97 Å². The molecule has 0 spiro atoms. The third-order valence-corrected chi connectivity index (χ3v) is 4.97. The monoisotopic (exact) mass is 210 g/mol.